The summed E-state index contributed by atoms with van der Waals surface area (Å²) in [6, 6.07) is 0. The first-order valence-electron chi connectivity index (χ1n) is 2.59. The lowest BCUT2D eigenvalue weighted by Gasteiger charge is -1.96. The topological polar surface area (TPSA) is 52.3 Å². The van der Waals surface area contributed by atoms with Gasteiger partial charge in [0.15, 0.2) is 0 Å². The van der Waals surface area contributed by atoms with Crippen molar-refractivity contribution < 1.29 is 9.53 Å². The van der Waals surface area contributed by atoms with Crippen LogP contribution in [0.5, 0.6) is 0 Å². The Morgan fingerprint density at radius 3 is 2.70 bits per heavy atom. The lowest BCUT2D eigenvalue weighted by molar-refractivity contribution is -0.137. The number of nitrogens with two attached hydrogens (primary N) is 1. The fourth-order valence-electron chi connectivity index (χ4n) is 0.294. The van der Waals surface area contributed by atoms with Gasteiger partial charge < -0.3 is 10.5 Å². The summed E-state index contributed by atoms with van der Waals surface area (Å²) >= 11 is 5.94. The summed E-state index contributed by atoms with van der Waals surface area (Å²) in [7, 11) is 1.35. The third-order valence-corrected chi connectivity index (χ3v) is 1.97. The molecule has 0 aliphatic heterocycles. The molecule has 0 atom stereocenters. The third kappa shape index (κ3) is 5.84. The molecule has 0 aromatic carbocycles. The molecule has 0 fully saturated rings. The Kier molecular flexibility index (Phi) is 5.33. The summed E-state index contributed by atoms with van der Waals surface area (Å²) in [5.74, 6) is 0.597. The van der Waals surface area contributed by atoms with Crippen LogP contribution < -0.4 is 5.73 Å². The average molecular weight is 179 g/mol. The predicted octanol–water partition coefficient (Wildman–Crippen LogP) is 0.179. The first-order valence-corrected chi connectivity index (χ1v) is 4.16. The Bertz CT molecular complexity index is 138. The van der Waals surface area contributed by atoms with Crippen molar-refractivity contribution in [3.05, 3.63) is 0 Å². The molecule has 58 valence electrons. The number of hydrogen-bond acceptors (Lipinski definition) is 4. The summed E-state index contributed by atoms with van der Waals surface area (Å²) in [6.45, 7) is 0. The number of thiocarbonyl (C=S) groups is 1. The van der Waals surface area contributed by atoms with E-state index in [1.807, 2.05) is 0 Å². The summed E-state index contributed by atoms with van der Waals surface area (Å²) < 4.78 is 4.39. The van der Waals surface area contributed by atoms with Crippen LogP contribution in [-0.4, -0.2) is 29.6 Å². The minimum absolute atomic E-state index is 0.249. The zero-order valence-corrected chi connectivity index (χ0v) is 7.26. The normalized spacial score (nSPS) is 8.90. The van der Waals surface area contributed by atoms with Gasteiger partial charge >= 0.3 is 5.97 Å². The van der Waals surface area contributed by atoms with Crippen LogP contribution in [0.1, 0.15) is 0 Å². The molecular weight excluding hydrogens is 170 g/mol. The quantitative estimate of drug-likeness (QED) is 0.493. The largest absolute Gasteiger partial charge is 0.468 e. The van der Waals surface area contributed by atoms with Crippen molar-refractivity contribution in [2.45, 2.75) is 0 Å². The lowest BCUT2D eigenvalue weighted by atomic mass is 10.8. The van der Waals surface area contributed by atoms with E-state index < -0.39 is 0 Å². The van der Waals surface area contributed by atoms with E-state index in [-0.39, 0.29) is 5.97 Å². The maximum absolute atomic E-state index is 10.5. The molecule has 0 bridgehead atoms. The lowest BCUT2D eigenvalue weighted by Crippen LogP contribution is -2.13. The van der Waals surface area contributed by atoms with Crippen molar-refractivity contribution >= 4 is 34.9 Å². The van der Waals surface area contributed by atoms with Crippen molar-refractivity contribution in [3.63, 3.8) is 0 Å². The SMILES string of the molecule is COC(=O)CSCC(N)=S. The Morgan fingerprint density at radius 2 is 2.30 bits per heavy atom. The highest BCUT2D eigenvalue weighted by molar-refractivity contribution is 8.01. The second-order valence-corrected chi connectivity index (χ2v) is 3.05. The van der Waals surface area contributed by atoms with Crippen LogP contribution in [0.2, 0.25) is 0 Å². The summed E-state index contributed by atoms with van der Waals surface area (Å²) in [6.07, 6.45) is 0. The Hall–Kier alpha value is -0.290. The van der Waals surface area contributed by atoms with E-state index in [2.05, 4.69) is 17.0 Å². The molecule has 0 aromatic heterocycles. The summed E-state index contributed by atoms with van der Waals surface area (Å²) in [4.78, 5) is 10.9. The summed E-state index contributed by atoms with van der Waals surface area (Å²) in [5, 5.41) is 0. The van der Waals surface area contributed by atoms with Crippen LogP contribution in [0.4, 0.5) is 0 Å². The standard InChI is InChI=1S/C5H9NO2S2/c1-8-5(7)3-10-2-4(6)9/h2-3H2,1H3,(H2,6,9). The maximum atomic E-state index is 10.5. The molecule has 5 heteroatoms. The van der Waals surface area contributed by atoms with Gasteiger partial charge in [0.25, 0.3) is 0 Å². The molecule has 0 amide bonds. The fourth-order valence-corrected chi connectivity index (χ4v) is 1.13. The molecule has 0 aliphatic carbocycles. The van der Waals surface area contributed by atoms with Crippen LogP contribution in [0, 0.1) is 0 Å². The van der Waals surface area contributed by atoms with E-state index in [0.29, 0.717) is 16.5 Å². The minimum atomic E-state index is -0.249. The molecule has 3 nitrogen and oxygen atoms in total. The van der Waals surface area contributed by atoms with E-state index in [9.17, 15) is 4.79 Å². The first kappa shape index (κ1) is 9.71. The molecule has 0 saturated heterocycles. The van der Waals surface area contributed by atoms with Gasteiger partial charge in [0.05, 0.1) is 17.9 Å². The Labute approximate surface area is 69.3 Å². The Morgan fingerprint density at radius 1 is 1.70 bits per heavy atom. The fraction of sp³-hybridized carbons (Fsp3) is 0.600. The minimum Gasteiger partial charge on any atom is -0.468 e. The third-order valence-electron chi connectivity index (χ3n) is 0.692. The Balaban J connectivity index is 3.20. The van der Waals surface area contributed by atoms with E-state index >= 15 is 0 Å². The highest BCUT2D eigenvalue weighted by Gasteiger charge is 1.99. The van der Waals surface area contributed by atoms with Crippen LogP contribution in [0.25, 0.3) is 0 Å². The predicted molar refractivity (Wildman–Crippen MR) is 46.1 cm³/mol. The molecule has 0 aliphatic rings. The monoisotopic (exact) mass is 179 g/mol. The van der Waals surface area contributed by atoms with E-state index in [4.69, 9.17) is 5.73 Å². The molecule has 0 radical (unpaired) electrons. The van der Waals surface area contributed by atoms with Crippen molar-refractivity contribution in [1.82, 2.24) is 0 Å². The van der Waals surface area contributed by atoms with Gasteiger partial charge in [-0.2, -0.15) is 0 Å². The maximum Gasteiger partial charge on any atom is 0.315 e. The number of carbonyl (C=O) groups excluding carboxylic acids is 1. The molecule has 2 N–H and O–H groups in total. The van der Waals surface area contributed by atoms with Gasteiger partial charge in [0.2, 0.25) is 0 Å². The van der Waals surface area contributed by atoms with Gasteiger partial charge in [-0.1, -0.05) is 12.2 Å². The molecule has 0 spiro atoms. The molecule has 0 unspecified atom stereocenters. The average Bonchev–Trinajstić information content (AvgIpc) is 1.87. The van der Waals surface area contributed by atoms with Crippen molar-refractivity contribution in [1.29, 1.82) is 0 Å². The summed E-state index contributed by atoms with van der Waals surface area (Å²) in [5.41, 5.74) is 5.18. The van der Waals surface area contributed by atoms with Crippen molar-refractivity contribution in [2.24, 2.45) is 5.73 Å². The number of thioether (sulfide) groups is 1. The number of carbonyl (C=O) groups is 1. The van der Waals surface area contributed by atoms with Crippen LogP contribution in [-0.2, 0) is 9.53 Å². The molecule has 0 aromatic rings. The zero-order valence-electron chi connectivity index (χ0n) is 5.62. The molecule has 10 heavy (non-hydrogen) atoms. The molecule has 0 rings (SSSR count). The smallest absolute Gasteiger partial charge is 0.315 e. The van der Waals surface area contributed by atoms with E-state index in [0.717, 1.165) is 0 Å². The van der Waals surface area contributed by atoms with Gasteiger partial charge in [-0.25, -0.2) is 0 Å². The van der Waals surface area contributed by atoms with Crippen LogP contribution in [0.15, 0.2) is 0 Å². The van der Waals surface area contributed by atoms with Gasteiger partial charge in [-0.15, -0.1) is 11.8 Å². The molecule has 0 heterocycles. The van der Waals surface area contributed by atoms with E-state index in [1.165, 1.54) is 18.9 Å². The number of esters is 1. The van der Waals surface area contributed by atoms with Crippen LogP contribution >= 0.6 is 24.0 Å². The molecule has 0 saturated carbocycles. The van der Waals surface area contributed by atoms with Crippen LogP contribution in [0.3, 0.4) is 0 Å². The first-order chi connectivity index (χ1) is 4.66. The zero-order chi connectivity index (χ0) is 7.98. The van der Waals surface area contributed by atoms with Crippen molar-refractivity contribution in [2.75, 3.05) is 18.6 Å². The van der Waals surface area contributed by atoms with Gasteiger partial charge in [0, 0.05) is 5.75 Å². The van der Waals surface area contributed by atoms with Gasteiger partial charge in [-0.3, -0.25) is 4.79 Å². The second-order valence-electron chi connectivity index (χ2n) is 1.54. The highest BCUT2D eigenvalue weighted by atomic mass is 32.2. The number of rotatable bonds is 4. The number of methoxy groups -OCH3 is 1. The van der Waals surface area contributed by atoms with Gasteiger partial charge in [0.1, 0.15) is 0 Å². The van der Waals surface area contributed by atoms with E-state index in [1.54, 1.807) is 0 Å². The van der Waals surface area contributed by atoms with Gasteiger partial charge in [-0.05, 0) is 0 Å². The molecular formula is C5H9NO2S2. The highest BCUT2D eigenvalue weighted by Crippen LogP contribution is 1.98. The number of ether oxygens (including phenoxy) is 1. The second kappa shape index (κ2) is 5.49. The number of hydrogen-bond donors (Lipinski definition) is 1. The van der Waals surface area contributed by atoms with Crippen molar-refractivity contribution in [3.8, 4) is 0 Å².